The van der Waals surface area contributed by atoms with E-state index in [1.165, 1.54) is 12.8 Å². The Morgan fingerprint density at radius 1 is 1.14 bits per heavy atom. The maximum absolute atomic E-state index is 12.8. The van der Waals surface area contributed by atoms with Crippen LogP contribution < -0.4 is 5.32 Å². The Balaban J connectivity index is 0.00000125. The highest BCUT2D eigenvalue weighted by molar-refractivity contribution is 5.85. The second kappa shape index (κ2) is 5.20. The normalized spacial score (nSPS) is 38.5. The van der Waals surface area contributed by atoms with Crippen LogP contribution in [0.2, 0.25) is 0 Å². The highest BCUT2D eigenvalue weighted by atomic mass is 35.5. The lowest BCUT2D eigenvalue weighted by atomic mass is 9.82. The minimum absolute atomic E-state index is 0. The summed E-state index contributed by atoms with van der Waals surface area (Å²) in [4.78, 5) is 19.2. The molecule has 0 aromatic carbocycles. The molecule has 0 saturated carbocycles. The number of nitrogens with one attached hydrogen (secondary N) is 1. The minimum atomic E-state index is 0. The third-order valence-corrected chi connectivity index (χ3v) is 6.13. The average Bonchev–Trinajstić information content (AvgIpc) is 3.24. The molecule has 4 aliphatic rings. The van der Waals surface area contributed by atoms with Crippen LogP contribution in [-0.2, 0) is 17.8 Å². The lowest BCUT2D eigenvalue weighted by Crippen LogP contribution is -2.41. The molecule has 2 bridgehead atoms. The van der Waals surface area contributed by atoms with Gasteiger partial charge in [-0.2, -0.15) is 5.10 Å². The number of fused-ring (bicyclic) bond motifs is 6. The maximum atomic E-state index is 12.8. The van der Waals surface area contributed by atoms with Gasteiger partial charge in [0.1, 0.15) is 12.2 Å². The summed E-state index contributed by atoms with van der Waals surface area (Å²) in [5, 5.41) is 7.95. The van der Waals surface area contributed by atoms with E-state index >= 15 is 0 Å². The molecule has 3 fully saturated rings. The van der Waals surface area contributed by atoms with Gasteiger partial charge in [-0.1, -0.05) is 0 Å². The van der Waals surface area contributed by atoms with Gasteiger partial charge < -0.3 is 10.2 Å². The van der Waals surface area contributed by atoms with Crippen LogP contribution in [0.25, 0.3) is 0 Å². The third-order valence-electron chi connectivity index (χ3n) is 6.13. The lowest BCUT2D eigenvalue weighted by Gasteiger charge is -2.27. The molecule has 120 valence electrons. The van der Waals surface area contributed by atoms with Crippen LogP contribution >= 0.6 is 12.4 Å². The average molecular weight is 324 g/mol. The number of hydrogen-bond acceptors (Lipinski definition) is 4. The predicted octanol–water partition coefficient (Wildman–Crippen LogP) is 0.471. The topological polar surface area (TPSA) is 63.1 Å². The van der Waals surface area contributed by atoms with Gasteiger partial charge in [0, 0.05) is 31.6 Å². The molecule has 6 nitrogen and oxygen atoms in total. The SMILES string of the molecule is Cl.O=C(C1CCc2ncnn2C1)N1C[C@@H]2[C@H](C1)[C@@H]1CC[C@H]2N1. The number of hydrogen-bond donors (Lipinski definition) is 1. The van der Waals surface area contributed by atoms with Gasteiger partial charge in [-0.3, -0.25) is 4.79 Å². The molecule has 0 spiro atoms. The molecular formula is C15H22ClN5O. The van der Waals surface area contributed by atoms with E-state index in [4.69, 9.17) is 0 Å². The standard InChI is InChI=1S/C15H21N5O.ClH/c21-15(9-1-4-14-16-8-17-20(14)5-9)19-6-10-11(7-19)13-3-2-12(10)18-13;/h8-13,18H,1-7H2;1H/t9?,10-,11+,12-,13+;. The first-order valence-electron chi connectivity index (χ1n) is 8.21. The molecule has 3 saturated heterocycles. The minimum Gasteiger partial charge on any atom is -0.342 e. The fourth-order valence-corrected chi connectivity index (χ4v) is 5.06. The van der Waals surface area contributed by atoms with Crippen LogP contribution in [-0.4, -0.2) is 50.7 Å². The van der Waals surface area contributed by atoms with Crippen molar-refractivity contribution in [2.75, 3.05) is 13.1 Å². The van der Waals surface area contributed by atoms with E-state index in [1.807, 2.05) is 4.68 Å². The quantitative estimate of drug-likeness (QED) is 0.816. The van der Waals surface area contributed by atoms with Crippen molar-refractivity contribution in [1.29, 1.82) is 0 Å². The fraction of sp³-hybridized carbons (Fsp3) is 0.800. The lowest BCUT2D eigenvalue weighted by molar-refractivity contribution is -0.136. The molecule has 0 radical (unpaired) electrons. The van der Waals surface area contributed by atoms with Gasteiger partial charge in [-0.05, 0) is 31.1 Å². The molecule has 5 atom stereocenters. The van der Waals surface area contributed by atoms with Gasteiger partial charge in [0.15, 0.2) is 0 Å². The number of carbonyl (C=O) groups excluding carboxylic acids is 1. The van der Waals surface area contributed by atoms with Crippen LogP contribution in [0.5, 0.6) is 0 Å². The van der Waals surface area contributed by atoms with Crippen LogP contribution in [0.3, 0.4) is 0 Å². The van der Waals surface area contributed by atoms with Crippen LogP contribution in [0, 0.1) is 17.8 Å². The van der Waals surface area contributed by atoms with E-state index in [9.17, 15) is 4.79 Å². The van der Waals surface area contributed by atoms with Crippen molar-refractivity contribution in [3.63, 3.8) is 0 Å². The number of rotatable bonds is 1. The largest absolute Gasteiger partial charge is 0.342 e. The number of amides is 1. The number of likely N-dealkylation sites (tertiary alicyclic amines) is 1. The monoisotopic (exact) mass is 323 g/mol. The van der Waals surface area contributed by atoms with E-state index in [0.717, 1.165) is 31.8 Å². The maximum Gasteiger partial charge on any atom is 0.227 e. The summed E-state index contributed by atoms with van der Waals surface area (Å²) in [7, 11) is 0. The molecule has 4 aliphatic heterocycles. The summed E-state index contributed by atoms with van der Waals surface area (Å²) < 4.78 is 1.91. The van der Waals surface area contributed by atoms with Gasteiger partial charge >= 0.3 is 0 Å². The van der Waals surface area contributed by atoms with E-state index in [2.05, 4.69) is 20.3 Å². The van der Waals surface area contributed by atoms with Crippen LogP contribution in [0.15, 0.2) is 6.33 Å². The van der Waals surface area contributed by atoms with Gasteiger partial charge in [0.25, 0.3) is 0 Å². The highest BCUT2D eigenvalue weighted by Gasteiger charge is 2.52. The number of carbonyl (C=O) groups is 1. The van der Waals surface area contributed by atoms with Gasteiger partial charge in [-0.15, -0.1) is 12.4 Å². The number of aromatic nitrogens is 3. The molecule has 5 heterocycles. The second-order valence-electron chi connectivity index (χ2n) is 7.12. The van der Waals surface area contributed by atoms with E-state index in [0.29, 0.717) is 36.4 Å². The van der Waals surface area contributed by atoms with Crippen molar-refractivity contribution in [3.8, 4) is 0 Å². The Hall–Kier alpha value is -1.14. The van der Waals surface area contributed by atoms with E-state index in [1.54, 1.807) is 6.33 Å². The Labute approximate surface area is 136 Å². The summed E-state index contributed by atoms with van der Waals surface area (Å²) in [6, 6.07) is 1.34. The molecule has 1 aromatic rings. The van der Waals surface area contributed by atoms with Crippen LogP contribution in [0.4, 0.5) is 0 Å². The molecule has 1 aromatic heterocycles. The predicted molar refractivity (Wildman–Crippen MR) is 82.6 cm³/mol. The number of nitrogens with zero attached hydrogens (tertiary/aromatic N) is 4. The molecule has 1 unspecified atom stereocenters. The Kier molecular flexibility index (Phi) is 3.42. The molecule has 1 N–H and O–H groups in total. The molecule has 0 aliphatic carbocycles. The first-order chi connectivity index (χ1) is 10.3. The zero-order chi connectivity index (χ0) is 14.0. The number of aryl methyl sites for hydroxylation is 1. The molecule has 7 heteroatoms. The number of halogens is 1. The van der Waals surface area contributed by atoms with Crippen molar-refractivity contribution in [1.82, 2.24) is 25.0 Å². The van der Waals surface area contributed by atoms with E-state index < -0.39 is 0 Å². The molecular weight excluding hydrogens is 302 g/mol. The van der Waals surface area contributed by atoms with Crippen molar-refractivity contribution < 1.29 is 4.79 Å². The molecule has 22 heavy (non-hydrogen) atoms. The second-order valence-corrected chi connectivity index (χ2v) is 7.12. The first-order valence-corrected chi connectivity index (χ1v) is 8.21. The smallest absolute Gasteiger partial charge is 0.227 e. The van der Waals surface area contributed by atoms with Crippen molar-refractivity contribution in [2.24, 2.45) is 17.8 Å². The third kappa shape index (κ3) is 2.00. The fourth-order valence-electron chi connectivity index (χ4n) is 5.06. The zero-order valence-electron chi connectivity index (χ0n) is 12.5. The highest BCUT2D eigenvalue weighted by Crippen LogP contribution is 2.43. The summed E-state index contributed by atoms with van der Waals surface area (Å²) in [5.74, 6) is 2.89. The van der Waals surface area contributed by atoms with Crippen molar-refractivity contribution in [3.05, 3.63) is 12.2 Å². The molecule has 5 rings (SSSR count). The Morgan fingerprint density at radius 3 is 2.59 bits per heavy atom. The molecule has 1 amide bonds. The van der Waals surface area contributed by atoms with Crippen LogP contribution in [0.1, 0.15) is 25.1 Å². The van der Waals surface area contributed by atoms with Gasteiger partial charge in [0.05, 0.1) is 12.5 Å². The summed E-state index contributed by atoms with van der Waals surface area (Å²) in [6.07, 6.45) is 6.02. The zero-order valence-corrected chi connectivity index (χ0v) is 13.3. The van der Waals surface area contributed by atoms with Crippen molar-refractivity contribution in [2.45, 2.75) is 44.3 Å². The summed E-state index contributed by atoms with van der Waals surface area (Å²) in [6.45, 7) is 2.65. The summed E-state index contributed by atoms with van der Waals surface area (Å²) in [5.41, 5.74) is 0. The Bertz CT molecular complexity index is 572. The Morgan fingerprint density at radius 2 is 1.86 bits per heavy atom. The summed E-state index contributed by atoms with van der Waals surface area (Å²) >= 11 is 0. The van der Waals surface area contributed by atoms with Gasteiger partial charge in [0.2, 0.25) is 5.91 Å². The first kappa shape index (κ1) is 14.5. The van der Waals surface area contributed by atoms with Crippen molar-refractivity contribution >= 4 is 18.3 Å². The van der Waals surface area contributed by atoms with Gasteiger partial charge in [-0.25, -0.2) is 9.67 Å². The van der Waals surface area contributed by atoms with E-state index in [-0.39, 0.29) is 18.3 Å².